The zero-order valence-electron chi connectivity index (χ0n) is 11.9. The van der Waals surface area contributed by atoms with E-state index in [4.69, 9.17) is 4.74 Å². The highest BCUT2D eigenvalue weighted by molar-refractivity contribution is 7.11. The summed E-state index contributed by atoms with van der Waals surface area (Å²) in [6.45, 7) is 0.927. The summed E-state index contributed by atoms with van der Waals surface area (Å²) in [5.41, 5.74) is -1.08. The molecule has 0 bridgehead atoms. The van der Waals surface area contributed by atoms with Crippen LogP contribution < -0.4 is 9.64 Å². The molecule has 4 nitrogen and oxygen atoms in total. The van der Waals surface area contributed by atoms with Crippen molar-refractivity contribution in [1.82, 2.24) is 9.97 Å². The van der Waals surface area contributed by atoms with E-state index < -0.39 is 17.6 Å². The van der Waals surface area contributed by atoms with Gasteiger partial charge in [-0.3, -0.25) is 0 Å². The molecule has 0 N–H and O–H groups in total. The number of halogens is 4. The van der Waals surface area contributed by atoms with E-state index in [1.165, 1.54) is 11.3 Å². The SMILES string of the molecule is Fc1cc(C(F)(F)F)cnc1N1CCC(Oc2nccs2)CC1. The molecule has 0 spiro atoms. The predicted molar refractivity (Wildman–Crippen MR) is 77.2 cm³/mol. The number of hydrogen-bond acceptors (Lipinski definition) is 5. The standard InChI is InChI=1S/C14H13F4N3OS/c15-11-7-9(14(16,17)18)8-20-12(11)21-4-1-10(2-5-21)22-13-19-3-6-23-13/h3,6-8,10H,1-2,4-5H2. The van der Waals surface area contributed by atoms with Crippen molar-refractivity contribution in [2.75, 3.05) is 18.0 Å². The van der Waals surface area contributed by atoms with Crippen molar-refractivity contribution in [1.29, 1.82) is 0 Å². The highest BCUT2D eigenvalue weighted by Crippen LogP contribution is 2.31. The van der Waals surface area contributed by atoms with Crippen LogP contribution in [0.15, 0.2) is 23.8 Å². The second kappa shape index (κ2) is 6.31. The van der Waals surface area contributed by atoms with Gasteiger partial charge in [-0.25, -0.2) is 14.4 Å². The quantitative estimate of drug-likeness (QED) is 0.793. The van der Waals surface area contributed by atoms with Gasteiger partial charge >= 0.3 is 6.18 Å². The summed E-state index contributed by atoms with van der Waals surface area (Å²) in [7, 11) is 0. The highest BCUT2D eigenvalue weighted by Gasteiger charge is 2.33. The number of alkyl halides is 3. The van der Waals surface area contributed by atoms with Crippen molar-refractivity contribution >= 4 is 17.2 Å². The Hall–Kier alpha value is -1.90. The van der Waals surface area contributed by atoms with Crippen LogP contribution >= 0.6 is 11.3 Å². The van der Waals surface area contributed by atoms with Crippen LogP contribution in [0.1, 0.15) is 18.4 Å². The molecule has 0 aliphatic carbocycles. The number of ether oxygens (including phenoxy) is 1. The summed E-state index contributed by atoms with van der Waals surface area (Å²) in [6.07, 6.45) is -1.06. The summed E-state index contributed by atoms with van der Waals surface area (Å²) in [5, 5.41) is 2.40. The van der Waals surface area contributed by atoms with Crippen LogP contribution in [0, 0.1) is 5.82 Å². The molecule has 0 amide bonds. The molecule has 0 radical (unpaired) electrons. The molecule has 2 aromatic rings. The first-order chi connectivity index (χ1) is 10.9. The topological polar surface area (TPSA) is 38.2 Å². The number of anilines is 1. The Labute approximate surface area is 133 Å². The molecule has 23 heavy (non-hydrogen) atoms. The minimum Gasteiger partial charge on any atom is -0.467 e. The molecule has 3 heterocycles. The van der Waals surface area contributed by atoms with Crippen molar-refractivity contribution in [2.24, 2.45) is 0 Å². The van der Waals surface area contributed by atoms with Crippen molar-refractivity contribution in [3.8, 4) is 5.19 Å². The number of aromatic nitrogens is 2. The lowest BCUT2D eigenvalue weighted by Crippen LogP contribution is -2.39. The van der Waals surface area contributed by atoms with Crippen molar-refractivity contribution in [2.45, 2.75) is 25.1 Å². The molecule has 0 aromatic carbocycles. The molecule has 3 rings (SSSR count). The number of pyridine rings is 1. The Morgan fingerprint density at radius 3 is 2.52 bits per heavy atom. The fourth-order valence-corrected chi connectivity index (χ4v) is 2.97. The van der Waals surface area contributed by atoms with Crippen LogP contribution in [-0.2, 0) is 6.18 Å². The fourth-order valence-electron chi connectivity index (χ4n) is 2.42. The van der Waals surface area contributed by atoms with Crippen molar-refractivity contribution in [3.05, 3.63) is 35.2 Å². The van der Waals surface area contributed by atoms with Gasteiger partial charge in [-0.2, -0.15) is 13.2 Å². The zero-order chi connectivity index (χ0) is 16.4. The van der Waals surface area contributed by atoms with E-state index in [0.717, 1.165) is 0 Å². The third-order valence-corrected chi connectivity index (χ3v) is 4.23. The summed E-state index contributed by atoms with van der Waals surface area (Å²) >= 11 is 1.39. The van der Waals surface area contributed by atoms with Gasteiger partial charge in [0.2, 0.25) is 0 Å². The molecular weight excluding hydrogens is 334 g/mol. The van der Waals surface area contributed by atoms with Gasteiger partial charge in [-0.1, -0.05) is 11.3 Å². The lowest BCUT2D eigenvalue weighted by molar-refractivity contribution is -0.138. The minimum absolute atomic E-state index is 0.0325. The third kappa shape index (κ3) is 3.72. The van der Waals surface area contributed by atoms with E-state index in [-0.39, 0.29) is 11.9 Å². The Balaban J connectivity index is 1.63. The summed E-state index contributed by atoms with van der Waals surface area (Å²) in [6, 6.07) is 0.487. The second-order valence-corrected chi connectivity index (χ2v) is 5.99. The first-order valence-corrected chi connectivity index (χ1v) is 7.85. The first kappa shape index (κ1) is 16.0. The van der Waals surface area contributed by atoms with E-state index in [2.05, 4.69) is 9.97 Å². The van der Waals surface area contributed by atoms with Crippen LogP contribution in [-0.4, -0.2) is 29.2 Å². The molecule has 9 heteroatoms. The van der Waals surface area contributed by atoms with Crippen LogP contribution in [0.25, 0.3) is 0 Å². The first-order valence-electron chi connectivity index (χ1n) is 6.97. The largest absolute Gasteiger partial charge is 0.467 e. The van der Waals surface area contributed by atoms with Gasteiger partial charge in [-0.15, -0.1) is 0 Å². The molecular formula is C14H13F4N3OS. The Morgan fingerprint density at radius 2 is 1.96 bits per heavy atom. The summed E-state index contributed by atoms with van der Waals surface area (Å²) in [4.78, 5) is 9.32. The number of nitrogens with zero attached hydrogens (tertiary/aromatic N) is 3. The smallest absolute Gasteiger partial charge is 0.417 e. The second-order valence-electron chi connectivity index (χ2n) is 5.13. The van der Waals surface area contributed by atoms with Gasteiger partial charge in [0.15, 0.2) is 11.6 Å². The van der Waals surface area contributed by atoms with E-state index in [1.54, 1.807) is 11.1 Å². The lowest BCUT2D eigenvalue weighted by Gasteiger charge is -2.32. The van der Waals surface area contributed by atoms with Crippen LogP contribution in [0.2, 0.25) is 0 Å². The number of rotatable bonds is 3. The molecule has 1 aliphatic heterocycles. The Bertz CT molecular complexity index is 655. The van der Waals surface area contributed by atoms with Gasteiger partial charge in [-0.05, 0) is 6.07 Å². The normalized spacial score (nSPS) is 16.6. The molecule has 0 unspecified atom stereocenters. The fraction of sp³-hybridized carbons (Fsp3) is 0.429. The van der Waals surface area contributed by atoms with E-state index in [0.29, 0.717) is 43.4 Å². The maximum Gasteiger partial charge on any atom is 0.417 e. The number of thiazole rings is 1. The van der Waals surface area contributed by atoms with Gasteiger partial charge in [0.1, 0.15) is 6.10 Å². The molecule has 124 valence electrons. The minimum atomic E-state index is -4.60. The zero-order valence-corrected chi connectivity index (χ0v) is 12.7. The summed E-state index contributed by atoms with van der Waals surface area (Å²) in [5.74, 6) is -1.01. The van der Waals surface area contributed by atoms with E-state index in [9.17, 15) is 17.6 Å². The Kier molecular flexibility index (Phi) is 4.38. The molecule has 1 aliphatic rings. The molecule has 0 atom stereocenters. The molecule has 2 aromatic heterocycles. The molecule has 1 saturated heterocycles. The molecule has 0 saturated carbocycles. The lowest BCUT2D eigenvalue weighted by atomic mass is 10.1. The van der Waals surface area contributed by atoms with Crippen LogP contribution in [0.3, 0.4) is 0 Å². The number of hydrogen-bond donors (Lipinski definition) is 0. The van der Waals surface area contributed by atoms with Crippen molar-refractivity contribution in [3.63, 3.8) is 0 Å². The van der Waals surface area contributed by atoms with E-state index >= 15 is 0 Å². The van der Waals surface area contributed by atoms with E-state index in [1.807, 2.05) is 5.38 Å². The molecule has 1 fully saturated rings. The van der Waals surface area contributed by atoms with Crippen LogP contribution in [0.5, 0.6) is 5.19 Å². The average Bonchev–Trinajstić information content (AvgIpc) is 3.00. The Morgan fingerprint density at radius 1 is 1.22 bits per heavy atom. The monoisotopic (exact) mass is 347 g/mol. The van der Waals surface area contributed by atoms with Gasteiger partial charge in [0.25, 0.3) is 5.19 Å². The highest BCUT2D eigenvalue weighted by atomic mass is 32.1. The average molecular weight is 347 g/mol. The van der Waals surface area contributed by atoms with Crippen molar-refractivity contribution < 1.29 is 22.3 Å². The van der Waals surface area contributed by atoms with Gasteiger partial charge < -0.3 is 9.64 Å². The van der Waals surface area contributed by atoms with Gasteiger partial charge in [0, 0.05) is 43.7 Å². The van der Waals surface area contributed by atoms with Gasteiger partial charge in [0.05, 0.1) is 5.56 Å². The maximum absolute atomic E-state index is 13.9. The summed E-state index contributed by atoms with van der Waals surface area (Å²) < 4.78 is 57.2. The predicted octanol–water partition coefficient (Wildman–Crippen LogP) is 3.74. The number of piperidine rings is 1. The maximum atomic E-state index is 13.9. The van der Waals surface area contributed by atoms with Crippen LogP contribution in [0.4, 0.5) is 23.4 Å². The third-order valence-electron chi connectivity index (χ3n) is 3.57.